The van der Waals surface area contributed by atoms with Crippen LogP contribution < -0.4 is 10.2 Å². The molecule has 2 heteroatoms. The summed E-state index contributed by atoms with van der Waals surface area (Å²) in [5, 5.41) is 3.31. The highest BCUT2D eigenvalue weighted by Crippen LogP contribution is 2.30. The van der Waals surface area contributed by atoms with Crippen molar-refractivity contribution in [2.24, 2.45) is 0 Å². The molecule has 2 nitrogen and oxygen atoms in total. The van der Waals surface area contributed by atoms with Crippen molar-refractivity contribution in [3.8, 4) is 0 Å². The van der Waals surface area contributed by atoms with Gasteiger partial charge in [-0.3, -0.25) is 0 Å². The van der Waals surface area contributed by atoms with E-state index in [4.69, 9.17) is 0 Å². The first-order chi connectivity index (χ1) is 9.13. The van der Waals surface area contributed by atoms with E-state index < -0.39 is 0 Å². The van der Waals surface area contributed by atoms with Crippen molar-refractivity contribution in [2.75, 3.05) is 19.0 Å². The number of para-hydroxylation sites is 1. The van der Waals surface area contributed by atoms with E-state index in [9.17, 15) is 0 Å². The monoisotopic (exact) mass is 254 g/mol. The van der Waals surface area contributed by atoms with Crippen molar-refractivity contribution in [3.63, 3.8) is 0 Å². The molecule has 1 N–H and O–H groups in total. The van der Waals surface area contributed by atoms with Gasteiger partial charge in [0.05, 0.1) is 0 Å². The summed E-state index contributed by atoms with van der Waals surface area (Å²) in [5.41, 5.74) is 5.06. The van der Waals surface area contributed by atoms with E-state index in [1.807, 2.05) is 7.05 Å². The third kappa shape index (κ3) is 2.96. The molecule has 0 amide bonds. The van der Waals surface area contributed by atoms with Crippen molar-refractivity contribution in [1.82, 2.24) is 5.32 Å². The maximum absolute atomic E-state index is 3.31. The normalized spacial score (nSPS) is 12.2. The summed E-state index contributed by atoms with van der Waals surface area (Å²) in [6.45, 7) is 4.31. The van der Waals surface area contributed by atoms with E-state index >= 15 is 0 Å². The molecular formula is C17H22N2. The molecule has 2 rings (SSSR count). The molecule has 0 heterocycles. The van der Waals surface area contributed by atoms with Crippen LogP contribution in [0, 0.1) is 6.92 Å². The summed E-state index contributed by atoms with van der Waals surface area (Å²) < 4.78 is 0. The Kier molecular flexibility index (Phi) is 4.23. The molecule has 100 valence electrons. The van der Waals surface area contributed by atoms with Crippen molar-refractivity contribution in [1.29, 1.82) is 0 Å². The zero-order chi connectivity index (χ0) is 13.8. The molecule has 0 saturated heterocycles. The number of nitrogens with one attached hydrogen (secondary N) is 1. The third-order valence-electron chi connectivity index (χ3n) is 3.59. The Morgan fingerprint density at radius 2 is 1.79 bits per heavy atom. The van der Waals surface area contributed by atoms with Gasteiger partial charge in [-0.1, -0.05) is 30.3 Å². The summed E-state index contributed by atoms with van der Waals surface area (Å²) in [5.74, 6) is 0. The summed E-state index contributed by atoms with van der Waals surface area (Å²) in [7, 11) is 4.12. The smallest absolute Gasteiger partial charge is 0.0456 e. The van der Waals surface area contributed by atoms with Gasteiger partial charge >= 0.3 is 0 Å². The largest absolute Gasteiger partial charge is 0.344 e. The molecule has 2 aromatic carbocycles. The van der Waals surface area contributed by atoms with Crippen LogP contribution in [0.2, 0.25) is 0 Å². The summed E-state index contributed by atoms with van der Waals surface area (Å²) >= 11 is 0. The van der Waals surface area contributed by atoms with Gasteiger partial charge in [0.15, 0.2) is 0 Å². The van der Waals surface area contributed by atoms with Crippen LogP contribution in [-0.2, 0) is 0 Å². The average molecular weight is 254 g/mol. The molecule has 0 aliphatic carbocycles. The van der Waals surface area contributed by atoms with Crippen molar-refractivity contribution < 1.29 is 0 Å². The minimum atomic E-state index is 0.337. The average Bonchev–Trinajstić information content (AvgIpc) is 2.45. The molecule has 0 saturated carbocycles. The highest BCUT2D eigenvalue weighted by Gasteiger charge is 2.12. The topological polar surface area (TPSA) is 15.3 Å². The van der Waals surface area contributed by atoms with Crippen LogP contribution in [-0.4, -0.2) is 14.1 Å². The zero-order valence-corrected chi connectivity index (χ0v) is 12.1. The first-order valence-electron chi connectivity index (χ1n) is 6.70. The lowest BCUT2D eigenvalue weighted by atomic mass is 10.0. The lowest BCUT2D eigenvalue weighted by Gasteiger charge is -2.25. The van der Waals surface area contributed by atoms with Gasteiger partial charge in [0.25, 0.3) is 0 Å². The fourth-order valence-corrected chi connectivity index (χ4v) is 2.29. The molecule has 0 fully saturated rings. The predicted octanol–water partition coefficient (Wildman–Crippen LogP) is 4.04. The van der Waals surface area contributed by atoms with Crippen molar-refractivity contribution >= 4 is 11.4 Å². The van der Waals surface area contributed by atoms with E-state index in [2.05, 4.69) is 79.6 Å². The molecule has 19 heavy (non-hydrogen) atoms. The minimum absolute atomic E-state index is 0.337. The number of anilines is 2. The number of aryl methyl sites for hydroxylation is 1. The number of hydrogen-bond acceptors (Lipinski definition) is 2. The first kappa shape index (κ1) is 13.6. The molecule has 2 aromatic rings. The van der Waals surface area contributed by atoms with E-state index in [0.29, 0.717) is 6.04 Å². The van der Waals surface area contributed by atoms with Gasteiger partial charge in [-0.05, 0) is 50.2 Å². The van der Waals surface area contributed by atoms with Crippen LogP contribution in [0.1, 0.15) is 24.1 Å². The lowest BCUT2D eigenvalue weighted by Crippen LogP contribution is -2.18. The summed E-state index contributed by atoms with van der Waals surface area (Å²) in [6, 6.07) is 17.5. The first-order valence-corrected chi connectivity index (χ1v) is 6.70. The van der Waals surface area contributed by atoms with Gasteiger partial charge in [0, 0.05) is 24.5 Å². The predicted molar refractivity (Wildman–Crippen MR) is 83.2 cm³/mol. The fraction of sp³-hybridized carbons (Fsp3) is 0.294. The Morgan fingerprint density at radius 1 is 1.05 bits per heavy atom. The maximum Gasteiger partial charge on any atom is 0.0456 e. The molecule has 0 aromatic heterocycles. The molecule has 0 bridgehead atoms. The van der Waals surface area contributed by atoms with Gasteiger partial charge in [0.2, 0.25) is 0 Å². The molecule has 0 aliphatic rings. The lowest BCUT2D eigenvalue weighted by molar-refractivity contribution is 0.652. The van der Waals surface area contributed by atoms with Crippen LogP contribution in [0.3, 0.4) is 0 Å². The van der Waals surface area contributed by atoms with E-state index in [1.165, 1.54) is 22.5 Å². The standard InChI is InChI=1S/C17H22N2/c1-13-8-7-9-15(12-13)19(4)17-11-6-5-10-16(17)14(2)18-3/h5-12,14,18H,1-4H3. The number of nitrogens with zero attached hydrogens (tertiary/aromatic N) is 1. The molecule has 0 radical (unpaired) electrons. The second kappa shape index (κ2) is 5.89. The van der Waals surface area contributed by atoms with Crippen LogP contribution in [0.5, 0.6) is 0 Å². The van der Waals surface area contributed by atoms with Gasteiger partial charge in [-0.2, -0.15) is 0 Å². The summed E-state index contributed by atoms with van der Waals surface area (Å²) in [4.78, 5) is 2.25. The molecular weight excluding hydrogens is 232 g/mol. The van der Waals surface area contributed by atoms with Crippen molar-refractivity contribution in [2.45, 2.75) is 19.9 Å². The van der Waals surface area contributed by atoms with Crippen LogP contribution in [0.15, 0.2) is 48.5 Å². The van der Waals surface area contributed by atoms with Crippen LogP contribution in [0.4, 0.5) is 11.4 Å². The Labute approximate surface area is 116 Å². The zero-order valence-electron chi connectivity index (χ0n) is 12.1. The second-order valence-electron chi connectivity index (χ2n) is 4.97. The summed E-state index contributed by atoms with van der Waals surface area (Å²) in [6.07, 6.45) is 0. The highest BCUT2D eigenvalue weighted by molar-refractivity contribution is 5.66. The van der Waals surface area contributed by atoms with Gasteiger partial charge in [-0.15, -0.1) is 0 Å². The number of hydrogen-bond donors (Lipinski definition) is 1. The molecule has 1 atom stereocenters. The van der Waals surface area contributed by atoms with Crippen LogP contribution >= 0.6 is 0 Å². The Bertz CT molecular complexity index is 548. The highest BCUT2D eigenvalue weighted by atomic mass is 15.1. The van der Waals surface area contributed by atoms with E-state index in [-0.39, 0.29) is 0 Å². The van der Waals surface area contributed by atoms with Crippen molar-refractivity contribution in [3.05, 3.63) is 59.7 Å². The van der Waals surface area contributed by atoms with E-state index in [1.54, 1.807) is 0 Å². The Morgan fingerprint density at radius 3 is 2.47 bits per heavy atom. The number of rotatable bonds is 4. The Balaban J connectivity index is 2.41. The number of benzene rings is 2. The van der Waals surface area contributed by atoms with Gasteiger partial charge in [0.1, 0.15) is 0 Å². The maximum atomic E-state index is 3.31. The molecule has 0 spiro atoms. The third-order valence-corrected chi connectivity index (χ3v) is 3.59. The Hall–Kier alpha value is -1.80. The fourth-order valence-electron chi connectivity index (χ4n) is 2.29. The van der Waals surface area contributed by atoms with Crippen LogP contribution in [0.25, 0.3) is 0 Å². The van der Waals surface area contributed by atoms with E-state index in [0.717, 1.165) is 0 Å². The minimum Gasteiger partial charge on any atom is -0.344 e. The van der Waals surface area contributed by atoms with Gasteiger partial charge < -0.3 is 10.2 Å². The second-order valence-corrected chi connectivity index (χ2v) is 4.97. The van der Waals surface area contributed by atoms with Gasteiger partial charge in [-0.25, -0.2) is 0 Å². The molecule has 1 unspecified atom stereocenters. The molecule has 0 aliphatic heterocycles. The SMILES string of the molecule is CNC(C)c1ccccc1N(C)c1cccc(C)c1. The quantitative estimate of drug-likeness (QED) is 0.885.